The summed E-state index contributed by atoms with van der Waals surface area (Å²) in [5.74, 6) is 0.703. The maximum absolute atomic E-state index is 13.0. The van der Waals surface area contributed by atoms with Crippen molar-refractivity contribution in [3.63, 3.8) is 0 Å². The molecule has 33 heavy (non-hydrogen) atoms. The van der Waals surface area contributed by atoms with Crippen LogP contribution in [0.3, 0.4) is 0 Å². The van der Waals surface area contributed by atoms with E-state index in [4.69, 9.17) is 4.74 Å². The van der Waals surface area contributed by atoms with Crippen LogP contribution in [-0.4, -0.2) is 97.2 Å². The largest absolute Gasteiger partial charge is 0.393 e. The van der Waals surface area contributed by atoms with Gasteiger partial charge in [0.05, 0.1) is 31.3 Å². The van der Waals surface area contributed by atoms with Gasteiger partial charge in [-0.05, 0) is 18.2 Å². The van der Waals surface area contributed by atoms with Crippen LogP contribution in [0, 0.1) is 0 Å². The lowest BCUT2D eigenvalue weighted by atomic mass is 10.3. The van der Waals surface area contributed by atoms with Crippen molar-refractivity contribution < 1.29 is 36.3 Å². The third-order valence-corrected chi connectivity index (χ3v) is 9.58. The summed E-state index contributed by atoms with van der Waals surface area (Å²) < 4.78 is 61.0. The predicted molar refractivity (Wildman–Crippen MR) is 118 cm³/mol. The highest BCUT2D eigenvalue weighted by Crippen LogP contribution is 2.32. The minimum Gasteiger partial charge on any atom is -0.393 e. The second-order valence-corrected chi connectivity index (χ2v) is 11.2. The van der Waals surface area contributed by atoms with Crippen molar-refractivity contribution in [3.05, 3.63) is 24.3 Å². The molecule has 0 spiro atoms. The van der Waals surface area contributed by atoms with Crippen molar-refractivity contribution >= 4 is 43.5 Å². The summed E-state index contributed by atoms with van der Waals surface area (Å²) in [6, 6.07) is 4.92. The van der Waals surface area contributed by atoms with Crippen molar-refractivity contribution in [2.24, 2.45) is 0 Å². The predicted octanol–water partition coefficient (Wildman–Crippen LogP) is -1.16. The SMILES string of the molecule is CNc1nc(Nc2cccc(S(=O)(=O)C(CO)(CO)S(=O)(=O)O)c2)nc(N2CCOCC2)n1. The molecule has 182 valence electrons. The van der Waals surface area contributed by atoms with Gasteiger partial charge in [-0.15, -0.1) is 0 Å². The first-order chi connectivity index (χ1) is 15.6. The van der Waals surface area contributed by atoms with Gasteiger partial charge in [0.2, 0.25) is 31.8 Å². The van der Waals surface area contributed by atoms with Gasteiger partial charge >= 0.3 is 0 Å². The smallest absolute Gasteiger partial charge is 0.290 e. The quantitative estimate of drug-likeness (QED) is 0.255. The average molecular weight is 505 g/mol. The molecule has 1 aromatic heterocycles. The molecule has 0 amide bonds. The second-order valence-electron chi connectivity index (χ2n) is 6.99. The molecule has 0 aliphatic carbocycles. The molecule has 5 N–H and O–H groups in total. The van der Waals surface area contributed by atoms with E-state index in [2.05, 4.69) is 25.6 Å². The zero-order valence-electron chi connectivity index (χ0n) is 17.5. The van der Waals surface area contributed by atoms with Crippen LogP contribution in [0.1, 0.15) is 0 Å². The molecule has 16 heteroatoms. The third kappa shape index (κ3) is 4.85. The van der Waals surface area contributed by atoms with Gasteiger partial charge in [-0.25, -0.2) is 8.42 Å². The molecule has 1 fully saturated rings. The lowest BCUT2D eigenvalue weighted by Crippen LogP contribution is -2.52. The van der Waals surface area contributed by atoms with E-state index >= 15 is 0 Å². The summed E-state index contributed by atoms with van der Waals surface area (Å²) >= 11 is 0. The highest BCUT2D eigenvalue weighted by molar-refractivity contribution is 8.08. The fraction of sp³-hybridized carbons (Fsp3) is 0.471. The summed E-state index contributed by atoms with van der Waals surface area (Å²) in [6.45, 7) is -0.946. The Morgan fingerprint density at radius 2 is 1.70 bits per heavy atom. The highest BCUT2D eigenvalue weighted by atomic mass is 32.3. The number of nitrogens with zero attached hydrogens (tertiary/aromatic N) is 4. The molecule has 1 saturated heterocycles. The molecule has 0 unspecified atom stereocenters. The zero-order valence-corrected chi connectivity index (χ0v) is 19.2. The second kappa shape index (κ2) is 9.70. The maximum atomic E-state index is 13.0. The Balaban J connectivity index is 1.98. The normalized spacial score (nSPS) is 15.3. The van der Waals surface area contributed by atoms with Crippen LogP contribution in [0.2, 0.25) is 0 Å². The number of ether oxygens (including phenoxy) is 1. The van der Waals surface area contributed by atoms with Gasteiger partial charge in [-0.1, -0.05) is 6.07 Å². The molecule has 0 radical (unpaired) electrons. The molecule has 2 heterocycles. The van der Waals surface area contributed by atoms with E-state index in [1.165, 1.54) is 12.1 Å². The van der Waals surface area contributed by atoms with E-state index < -0.39 is 42.1 Å². The molecular formula is C17H24N6O8S2. The number of anilines is 4. The van der Waals surface area contributed by atoms with E-state index in [0.717, 1.165) is 12.1 Å². The standard InChI is InChI=1S/C17H24N6O8S2/c1-18-14-20-15(22-16(21-14)23-5-7-31-8-6-23)19-12-3-2-4-13(9-12)32(26,27)17(10-24,11-25)33(28,29)30/h2-4,9,24-25H,5-8,10-11H2,1H3,(H,28,29,30)(H2,18,19,20,21,22). The van der Waals surface area contributed by atoms with Crippen molar-refractivity contribution in [2.75, 3.05) is 62.1 Å². The number of benzene rings is 1. The van der Waals surface area contributed by atoms with E-state index in [9.17, 15) is 31.6 Å². The number of aliphatic hydroxyl groups excluding tert-OH is 2. The van der Waals surface area contributed by atoms with Crippen LogP contribution in [0.15, 0.2) is 29.2 Å². The van der Waals surface area contributed by atoms with Gasteiger partial charge in [-0.3, -0.25) is 4.55 Å². The Morgan fingerprint density at radius 3 is 2.27 bits per heavy atom. The first-order valence-corrected chi connectivity index (χ1v) is 12.6. The molecule has 2 aromatic rings. The van der Waals surface area contributed by atoms with Gasteiger partial charge < -0.3 is 30.5 Å². The molecule has 0 saturated carbocycles. The summed E-state index contributed by atoms with van der Waals surface area (Å²) in [4.78, 5) is 14.2. The van der Waals surface area contributed by atoms with E-state index in [1.54, 1.807) is 7.05 Å². The monoisotopic (exact) mass is 504 g/mol. The molecule has 1 aliphatic heterocycles. The van der Waals surface area contributed by atoms with Crippen LogP contribution in [0.25, 0.3) is 0 Å². The lowest BCUT2D eigenvalue weighted by Gasteiger charge is -2.27. The third-order valence-electron chi connectivity index (χ3n) is 4.98. The Labute approximate surface area is 190 Å². The van der Waals surface area contributed by atoms with Crippen molar-refractivity contribution in [1.29, 1.82) is 0 Å². The first kappa shape index (κ1) is 25.0. The summed E-state index contributed by atoms with van der Waals surface area (Å²) in [7, 11) is -8.72. The fourth-order valence-electron chi connectivity index (χ4n) is 3.04. The van der Waals surface area contributed by atoms with Gasteiger partial charge in [0.15, 0.2) is 0 Å². The Bertz CT molecular complexity index is 1200. The molecule has 1 aromatic carbocycles. The van der Waals surface area contributed by atoms with Gasteiger partial charge in [-0.2, -0.15) is 23.4 Å². The van der Waals surface area contributed by atoms with Crippen LogP contribution in [0.4, 0.5) is 23.5 Å². The van der Waals surface area contributed by atoms with Crippen molar-refractivity contribution in [2.45, 2.75) is 8.97 Å². The highest BCUT2D eigenvalue weighted by Gasteiger charge is 2.55. The molecule has 0 bridgehead atoms. The number of sulfone groups is 1. The number of nitrogens with one attached hydrogen (secondary N) is 2. The van der Waals surface area contributed by atoms with Gasteiger partial charge in [0, 0.05) is 25.8 Å². The number of hydrogen-bond donors (Lipinski definition) is 5. The van der Waals surface area contributed by atoms with E-state index in [1.807, 2.05) is 4.90 Å². The number of aromatic nitrogens is 3. The van der Waals surface area contributed by atoms with Crippen LogP contribution < -0.4 is 15.5 Å². The van der Waals surface area contributed by atoms with Crippen molar-refractivity contribution in [1.82, 2.24) is 15.0 Å². The maximum Gasteiger partial charge on any atom is 0.290 e. The molecule has 3 rings (SSSR count). The van der Waals surface area contributed by atoms with Crippen LogP contribution >= 0.6 is 0 Å². The average Bonchev–Trinajstić information content (AvgIpc) is 2.79. The fourth-order valence-corrected chi connectivity index (χ4v) is 6.08. The molecule has 0 atom stereocenters. The topological polar surface area (TPSA) is 204 Å². The van der Waals surface area contributed by atoms with Crippen LogP contribution in [-0.2, 0) is 24.7 Å². The molecular weight excluding hydrogens is 480 g/mol. The Morgan fingerprint density at radius 1 is 1.06 bits per heavy atom. The lowest BCUT2D eigenvalue weighted by molar-refractivity contribution is 0.122. The van der Waals surface area contributed by atoms with Gasteiger partial charge in [0.25, 0.3) is 10.1 Å². The zero-order chi connectivity index (χ0) is 24.3. The van der Waals surface area contributed by atoms with E-state index in [0.29, 0.717) is 32.3 Å². The van der Waals surface area contributed by atoms with E-state index in [-0.39, 0.29) is 17.6 Å². The number of morpholine rings is 1. The number of aliphatic hydroxyl groups is 2. The first-order valence-electron chi connectivity index (χ1n) is 9.65. The number of rotatable bonds is 9. The van der Waals surface area contributed by atoms with Crippen LogP contribution in [0.5, 0.6) is 0 Å². The summed E-state index contributed by atoms with van der Waals surface area (Å²) in [5, 5.41) is 24.6. The minimum atomic E-state index is -5.40. The Kier molecular flexibility index (Phi) is 7.35. The number of hydrogen-bond acceptors (Lipinski definition) is 13. The van der Waals surface area contributed by atoms with Gasteiger partial charge in [0.1, 0.15) is 0 Å². The summed E-state index contributed by atoms with van der Waals surface area (Å²) in [6.07, 6.45) is 0. The minimum absolute atomic E-state index is 0.0794. The molecule has 14 nitrogen and oxygen atoms in total. The molecule has 1 aliphatic rings. The van der Waals surface area contributed by atoms with Crippen molar-refractivity contribution in [3.8, 4) is 0 Å². The Hall–Kier alpha value is -2.63. The summed E-state index contributed by atoms with van der Waals surface area (Å²) in [5.41, 5.74) is 0.164.